The average Bonchev–Trinajstić information content (AvgIpc) is 2.30. The van der Waals surface area contributed by atoms with Crippen molar-refractivity contribution in [3.63, 3.8) is 0 Å². The molecule has 2 rings (SSSR count). The molecule has 1 fully saturated rings. The summed E-state index contributed by atoms with van der Waals surface area (Å²) in [6.07, 6.45) is 6.87. The molecule has 0 unspecified atom stereocenters. The van der Waals surface area contributed by atoms with E-state index in [0.29, 0.717) is 6.04 Å². The molecule has 1 aromatic heterocycles. The normalized spacial score (nSPS) is 21.7. The van der Waals surface area contributed by atoms with E-state index in [1.807, 2.05) is 12.1 Å². The maximum atomic E-state index is 5.64. The van der Waals surface area contributed by atoms with Gasteiger partial charge in [-0.15, -0.1) is 0 Å². The van der Waals surface area contributed by atoms with Crippen LogP contribution in [0.2, 0.25) is 0 Å². The first kappa shape index (κ1) is 10.3. The van der Waals surface area contributed by atoms with E-state index >= 15 is 0 Å². The van der Waals surface area contributed by atoms with Crippen molar-refractivity contribution in [2.75, 3.05) is 17.2 Å². The molecule has 0 aromatic carbocycles. The molecule has 1 atom stereocenters. The molecule has 0 saturated carbocycles. The Bertz CT molecular complexity index is 307. The Morgan fingerprint density at radius 3 is 3.00 bits per heavy atom. The van der Waals surface area contributed by atoms with Gasteiger partial charge in [0.1, 0.15) is 5.82 Å². The van der Waals surface area contributed by atoms with Gasteiger partial charge in [0.05, 0.1) is 11.9 Å². The van der Waals surface area contributed by atoms with E-state index < -0.39 is 0 Å². The van der Waals surface area contributed by atoms with Gasteiger partial charge in [-0.25, -0.2) is 4.98 Å². The summed E-state index contributed by atoms with van der Waals surface area (Å²) in [7, 11) is 0. The fourth-order valence-electron chi connectivity index (χ4n) is 2.29. The van der Waals surface area contributed by atoms with Crippen LogP contribution in [0.3, 0.4) is 0 Å². The van der Waals surface area contributed by atoms with Crippen molar-refractivity contribution in [1.82, 2.24) is 4.98 Å². The van der Waals surface area contributed by atoms with Crippen LogP contribution in [0.25, 0.3) is 0 Å². The highest BCUT2D eigenvalue weighted by atomic mass is 15.2. The number of aromatic nitrogens is 1. The number of pyridine rings is 1. The molecule has 2 N–H and O–H groups in total. The monoisotopic (exact) mass is 205 g/mol. The van der Waals surface area contributed by atoms with Gasteiger partial charge in [-0.3, -0.25) is 0 Å². The molecule has 82 valence electrons. The number of nitrogens with two attached hydrogens (primary N) is 1. The van der Waals surface area contributed by atoms with Gasteiger partial charge in [-0.05, 0) is 37.8 Å². The molecule has 0 aliphatic carbocycles. The largest absolute Gasteiger partial charge is 0.397 e. The Labute approximate surface area is 91.3 Å². The molecular weight excluding hydrogens is 186 g/mol. The summed E-state index contributed by atoms with van der Waals surface area (Å²) < 4.78 is 0. The average molecular weight is 205 g/mol. The fourth-order valence-corrected chi connectivity index (χ4v) is 2.29. The lowest BCUT2D eigenvalue weighted by Gasteiger charge is -2.36. The van der Waals surface area contributed by atoms with E-state index in [9.17, 15) is 0 Å². The van der Waals surface area contributed by atoms with Crippen molar-refractivity contribution in [3.05, 3.63) is 18.3 Å². The number of anilines is 2. The van der Waals surface area contributed by atoms with Gasteiger partial charge in [-0.1, -0.05) is 6.92 Å². The fraction of sp³-hybridized carbons (Fsp3) is 0.583. The minimum absolute atomic E-state index is 0.662. The number of piperidine rings is 1. The number of hydrogen-bond acceptors (Lipinski definition) is 3. The van der Waals surface area contributed by atoms with Gasteiger partial charge in [0, 0.05) is 12.6 Å². The van der Waals surface area contributed by atoms with Crippen LogP contribution in [-0.4, -0.2) is 17.6 Å². The Balaban J connectivity index is 2.16. The van der Waals surface area contributed by atoms with Crippen molar-refractivity contribution in [1.29, 1.82) is 0 Å². The predicted molar refractivity (Wildman–Crippen MR) is 63.9 cm³/mol. The van der Waals surface area contributed by atoms with E-state index in [1.54, 1.807) is 6.20 Å². The second kappa shape index (κ2) is 4.51. The number of nitrogens with zero attached hydrogens (tertiary/aromatic N) is 2. The molecule has 15 heavy (non-hydrogen) atoms. The summed E-state index contributed by atoms with van der Waals surface area (Å²) >= 11 is 0. The van der Waals surface area contributed by atoms with Crippen molar-refractivity contribution < 1.29 is 0 Å². The summed E-state index contributed by atoms with van der Waals surface area (Å²) in [6.45, 7) is 3.38. The minimum atomic E-state index is 0.662. The molecular formula is C12H19N3. The maximum Gasteiger partial charge on any atom is 0.128 e. The Morgan fingerprint density at radius 1 is 1.47 bits per heavy atom. The third kappa shape index (κ3) is 2.22. The van der Waals surface area contributed by atoms with Crippen LogP contribution in [0.15, 0.2) is 18.3 Å². The van der Waals surface area contributed by atoms with Crippen molar-refractivity contribution in [2.45, 2.75) is 38.6 Å². The molecule has 1 aromatic rings. The van der Waals surface area contributed by atoms with Crippen LogP contribution in [0.4, 0.5) is 11.5 Å². The standard InChI is InChI=1S/C12H19N3/c1-2-11-5-3-4-8-15(11)12-7-6-10(13)9-14-12/h6-7,9,11H,2-5,8,13H2,1H3/t11-/m1/s1. The molecule has 0 spiro atoms. The molecule has 1 saturated heterocycles. The van der Waals surface area contributed by atoms with E-state index in [0.717, 1.165) is 18.1 Å². The molecule has 0 amide bonds. The zero-order valence-electron chi connectivity index (χ0n) is 9.32. The first-order valence-electron chi connectivity index (χ1n) is 5.79. The smallest absolute Gasteiger partial charge is 0.128 e. The summed E-state index contributed by atoms with van der Waals surface area (Å²) in [6, 6.07) is 4.63. The first-order chi connectivity index (χ1) is 7.31. The second-order valence-electron chi connectivity index (χ2n) is 4.20. The third-order valence-electron chi connectivity index (χ3n) is 3.16. The Kier molecular flexibility index (Phi) is 3.09. The van der Waals surface area contributed by atoms with Crippen molar-refractivity contribution in [3.8, 4) is 0 Å². The topological polar surface area (TPSA) is 42.1 Å². The van der Waals surface area contributed by atoms with E-state index in [2.05, 4.69) is 16.8 Å². The molecule has 0 radical (unpaired) electrons. The molecule has 2 heterocycles. The highest BCUT2D eigenvalue weighted by Gasteiger charge is 2.21. The zero-order chi connectivity index (χ0) is 10.7. The molecule has 1 aliphatic rings. The van der Waals surface area contributed by atoms with Gasteiger partial charge in [0.2, 0.25) is 0 Å². The summed E-state index contributed by atoms with van der Waals surface area (Å²) in [5.41, 5.74) is 6.38. The highest BCUT2D eigenvalue weighted by molar-refractivity contribution is 5.46. The lowest BCUT2D eigenvalue weighted by molar-refractivity contribution is 0.447. The number of hydrogen-bond donors (Lipinski definition) is 1. The van der Waals surface area contributed by atoms with Crippen LogP contribution in [0.1, 0.15) is 32.6 Å². The lowest BCUT2D eigenvalue weighted by Crippen LogP contribution is -2.39. The van der Waals surface area contributed by atoms with Crippen LogP contribution in [-0.2, 0) is 0 Å². The van der Waals surface area contributed by atoms with Gasteiger partial charge in [-0.2, -0.15) is 0 Å². The van der Waals surface area contributed by atoms with Crippen LogP contribution >= 0.6 is 0 Å². The SMILES string of the molecule is CC[C@@H]1CCCCN1c1ccc(N)cn1. The van der Waals surface area contributed by atoms with Crippen LogP contribution < -0.4 is 10.6 Å². The minimum Gasteiger partial charge on any atom is -0.397 e. The Hall–Kier alpha value is -1.25. The number of nitrogen functional groups attached to an aromatic ring is 1. The predicted octanol–water partition coefficient (Wildman–Crippen LogP) is 2.43. The van der Waals surface area contributed by atoms with Gasteiger partial charge < -0.3 is 10.6 Å². The summed E-state index contributed by atoms with van der Waals surface area (Å²) in [5.74, 6) is 1.08. The van der Waals surface area contributed by atoms with Crippen LogP contribution in [0.5, 0.6) is 0 Å². The van der Waals surface area contributed by atoms with Gasteiger partial charge >= 0.3 is 0 Å². The quantitative estimate of drug-likeness (QED) is 0.806. The van der Waals surface area contributed by atoms with Gasteiger partial charge in [0.25, 0.3) is 0 Å². The lowest BCUT2D eigenvalue weighted by atomic mass is 10.00. The second-order valence-corrected chi connectivity index (χ2v) is 4.20. The molecule has 1 aliphatic heterocycles. The molecule has 3 heteroatoms. The Morgan fingerprint density at radius 2 is 2.33 bits per heavy atom. The van der Waals surface area contributed by atoms with Crippen molar-refractivity contribution in [2.24, 2.45) is 0 Å². The summed E-state index contributed by atoms with van der Waals surface area (Å²) in [5, 5.41) is 0. The van der Waals surface area contributed by atoms with Gasteiger partial charge in [0.15, 0.2) is 0 Å². The van der Waals surface area contributed by atoms with E-state index in [4.69, 9.17) is 5.73 Å². The number of rotatable bonds is 2. The zero-order valence-corrected chi connectivity index (χ0v) is 9.32. The summed E-state index contributed by atoms with van der Waals surface area (Å²) in [4.78, 5) is 6.82. The van der Waals surface area contributed by atoms with Crippen molar-refractivity contribution >= 4 is 11.5 Å². The first-order valence-corrected chi connectivity index (χ1v) is 5.79. The van der Waals surface area contributed by atoms with Crippen LogP contribution in [0, 0.1) is 0 Å². The maximum absolute atomic E-state index is 5.64. The van der Waals surface area contributed by atoms with E-state index in [-0.39, 0.29) is 0 Å². The molecule has 3 nitrogen and oxygen atoms in total. The molecule has 0 bridgehead atoms. The van der Waals surface area contributed by atoms with E-state index in [1.165, 1.54) is 25.7 Å². The highest BCUT2D eigenvalue weighted by Crippen LogP contribution is 2.24. The third-order valence-corrected chi connectivity index (χ3v) is 3.16.